The molecule has 1 aliphatic heterocycles. The number of anilines is 1. The SMILES string of the molecule is NC(=O)N(Cc1ccccc1)c1nc(CN2C(=O)c3ccccc3C2=O)cs1. The van der Waals surface area contributed by atoms with Crippen molar-refractivity contribution in [2.24, 2.45) is 5.73 Å². The van der Waals surface area contributed by atoms with E-state index in [1.54, 1.807) is 29.6 Å². The minimum atomic E-state index is -0.620. The summed E-state index contributed by atoms with van der Waals surface area (Å²) < 4.78 is 0. The first kappa shape index (κ1) is 17.9. The van der Waals surface area contributed by atoms with Crippen LogP contribution in [0.3, 0.4) is 0 Å². The second-order valence-electron chi connectivity index (χ2n) is 6.27. The van der Waals surface area contributed by atoms with Crippen LogP contribution in [0.2, 0.25) is 0 Å². The Morgan fingerprint density at radius 3 is 2.21 bits per heavy atom. The fourth-order valence-electron chi connectivity index (χ4n) is 3.04. The maximum atomic E-state index is 12.5. The predicted molar refractivity (Wildman–Crippen MR) is 105 cm³/mol. The summed E-state index contributed by atoms with van der Waals surface area (Å²) in [4.78, 5) is 43.9. The van der Waals surface area contributed by atoms with E-state index in [1.807, 2.05) is 30.3 Å². The molecule has 4 rings (SSSR count). The molecule has 2 heterocycles. The molecule has 0 aliphatic carbocycles. The highest BCUT2D eigenvalue weighted by Gasteiger charge is 2.35. The topological polar surface area (TPSA) is 96.6 Å². The second kappa shape index (κ2) is 7.24. The van der Waals surface area contributed by atoms with Gasteiger partial charge in [0.15, 0.2) is 5.13 Å². The molecular formula is C20H16N4O3S. The lowest BCUT2D eigenvalue weighted by Gasteiger charge is -2.17. The van der Waals surface area contributed by atoms with Gasteiger partial charge in [-0.2, -0.15) is 0 Å². The average Bonchev–Trinajstić information content (AvgIpc) is 3.26. The number of thiazole rings is 1. The zero-order valence-corrected chi connectivity index (χ0v) is 15.6. The molecule has 1 aliphatic rings. The largest absolute Gasteiger partial charge is 0.351 e. The first-order valence-corrected chi connectivity index (χ1v) is 9.43. The lowest BCUT2D eigenvalue weighted by molar-refractivity contribution is 0.0640. The van der Waals surface area contributed by atoms with Crippen LogP contribution >= 0.6 is 11.3 Å². The van der Waals surface area contributed by atoms with Gasteiger partial charge in [0.2, 0.25) is 0 Å². The number of hydrogen-bond donors (Lipinski definition) is 1. The van der Waals surface area contributed by atoms with Crippen molar-refractivity contribution in [2.45, 2.75) is 13.1 Å². The molecule has 28 heavy (non-hydrogen) atoms. The normalized spacial score (nSPS) is 12.9. The highest BCUT2D eigenvalue weighted by Crippen LogP contribution is 2.27. The number of hydrogen-bond acceptors (Lipinski definition) is 5. The Kier molecular flexibility index (Phi) is 4.62. The first-order chi connectivity index (χ1) is 13.5. The quantitative estimate of drug-likeness (QED) is 0.675. The van der Waals surface area contributed by atoms with Crippen molar-refractivity contribution in [2.75, 3.05) is 4.90 Å². The van der Waals surface area contributed by atoms with Crippen molar-refractivity contribution >= 4 is 34.3 Å². The molecule has 7 nitrogen and oxygen atoms in total. The standard InChI is InChI=1S/C20H16N4O3S/c21-19(27)24(10-13-6-2-1-3-7-13)20-22-14(12-28-20)11-23-17(25)15-8-4-5-9-16(15)18(23)26/h1-9,12H,10-11H2,(H2,21,27). The van der Waals surface area contributed by atoms with Gasteiger partial charge in [-0.3, -0.25) is 19.4 Å². The summed E-state index contributed by atoms with van der Waals surface area (Å²) in [7, 11) is 0. The molecule has 8 heteroatoms. The van der Waals surface area contributed by atoms with E-state index in [-0.39, 0.29) is 24.9 Å². The van der Waals surface area contributed by atoms with Gasteiger partial charge in [-0.25, -0.2) is 9.78 Å². The fourth-order valence-corrected chi connectivity index (χ4v) is 3.86. The number of carbonyl (C=O) groups is 3. The van der Waals surface area contributed by atoms with Gasteiger partial charge >= 0.3 is 6.03 Å². The number of fused-ring (bicyclic) bond motifs is 1. The van der Waals surface area contributed by atoms with E-state index in [1.165, 1.54) is 16.2 Å². The zero-order valence-electron chi connectivity index (χ0n) is 14.7. The van der Waals surface area contributed by atoms with Crippen molar-refractivity contribution in [3.8, 4) is 0 Å². The number of aromatic nitrogens is 1. The molecule has 4 amide bonds. The number of imide groups is 1. The molecule has 0 radical (unpaired) electrons. The Balaban J connectivity index is 1.53. The van der Waals surface area contributed by atoms with E-state index in [2.05, 4.69) is 4.98 Å². The maximum Gasteiger partial charge on any atom is 0.321 e. The molecule has 0 saturated heterocycles. The van der Waals surface area contributed by atoms with E-state index < -0.39 is 6.03 Å². The second-order valence-corrected chi connectivity index (χ2v) is 7.11. The van der Waals surface area contributed by atoms with E-state index in [0.717, 1.165) is 10.5 Å². The highest BCUT2D eigenvalue weighted by atomic mass is 32.1. The van der Waals surface area contributed by atoms with Crippen molar-refractivity contribution in [3.05, 3.63) is 82.4 Å². The third kappa shape index (κ3) is 3.25. The van der Waals surface area contributed by atoms with Crippen LogP contribution in [0.25, 0.3) is 0 Å². The molecule has 2 N–H and O–H groups in total. The van der Waals surface area contributed by atoms with E-state index in [4.69, 9.17) is 5.73 Å². The molecule has 0 spiro atoms. The van der Waals surface area contributed by atoms with Crippen LogP contribution < -0.4 is 10.6 Å². The monoisotopic (exact) mass is 392 g/mol. The number of carbonyl (C=O) groups excluding carboxylic acids is 3. The van der Waals surface area contributed by atoms with Crippen LogP contribution in [-0.4, -0.2) is 27.7 Å². The van der Waals surface area contributed by atoms with Gasteiger partial charge in [-0.1, -0.05) is 42.5 Å². The summed E-state index contributed by atoms with van der Waals surface area (Å²) in [6, 6.07) is 15.5. The number of rotatable bonds is 5. The molecule has 0 bridgehead atoms. The third-order valence-corrected chi connectivity index (χ3v) is 5.33. The zero-order chi connectivity index (χ0) is 19.7. The van der Waals surface area contributed by atoms with Crippen LogP contribution in [0.5, 0.6) is 0 Å². The summed E-state index contributed by atoms with van der Waals surface area (Å²) >= 11 is 1.24. The first-order valence-electron chi connectivity index (χ1n) is 8.55. The lowest BCUT2D eigenvalue weighted by Crippen LogP contribution is -2.35. The van der Waals surface area contributed by atoms with Crippen molar-refractivity contribution in [1.82, 2.24) is 9.88 Å². The van der Waals surface area contributed by atoms with Gasteiger partial charge in [0.25, 0.3) is 11.8 Å². The highest BCUT2D eigenvalue weighted by molar-refractivity contribution is 7.14. The minimum Gasteiger partial charge on any atom is -0.351 e. The van der Waals surface area contributed by atoms with Crippen LogP contribution in [0.4, 0.5) is 9.93 Å². The molecule has 3 aromatic rings. The van der Waals surface area contributed by atoms with Gasteiger partial charge in [0.1, 0.15) is 0 Å². The van der Waals surface area contributed by atoms with E-state index >= 15 is 0 Å². The van der Waals surface area contributed by atoms with Crippen LogP contribution in [0, 0.1) is 0 Å². The minimum absolute atomic E-state index is 0.0424. The number of nitrogens with two attached hydrogens (primary N) is 1. The summed E-state index contributed by atoms with van der Waals surface area (Å²) in [6.45, 7) is 0.330. The van der Waals surface area contributed by atoms with Gasteiger partial charge < -0.3 is 5.73 Å². The number of nitrogens with zero attached hydrogens (tertiary/aromatic N) is 3. The molecule has 2 aromatic carbocycles. The Morgan fingerprint density at radius 2 is 1.61 bits per heavy atom. The molecule has 0 saturated carbocycles. The van der Waals surface area contributed by atoms with Crippen molar-refractivity contribution in [1.29, 1.82) is 0 Å². The Bertz CT molecular complexity index is 1030. The Labute approximate surface area is 165 Å². The van der Waals surface area contributed by atoms with Gasteiger partial charge in [0, 0.05) is 5.38 Å². The smallest absolute Gasteiger partial charge is 0.321 e. The van der Waals surface area contributed by atoms with Crippen molar-refractivity contribution < 1.29 is 14.4 Å². The molecule has 0 fully saturated rings. The van der Waals surface area contributed by atoms with E-state index in [9.17, 15) is 14.4 Å². The molecule has 0 unspecified atom stereocenters. The van der Waals surface area contributed by atoms with Crippen LogP contribution in [-0.2, 0) is 13.1 Å². The molecule has 1 aromatic heterocycles. The summed E-state index contributed by atoms with van der Waals surface area (Å²) in [5.41, 5.74) is 7.75. The van der Waals surface area contributed by atoms with Crippen molar-refractivity contribution in [3.63, 3.8) is 0 Å². The summed E-state index contributed by atoms with van der Waals surface area (Å²) in [5.74, 6) is -0.683. The number of primary amides is 1. The maximum absolute atomic E-state index is 12.5. The van der Waals surface area contributed by atoms with Crippen LogP contribution in [0.15, 0.2) is 60.0 Å². The molecule has 140 valence electrons. The summed E-state index contributed by atoms with van der Waals surface area (Å²) in [5, 5.41) is 2.14. The Hall–Kier alpha value is -3.52. The average molecular weight is 392 g/mol. The summed E-state index contributed by atoms with van der Waals surface area (Å²) in [6.07, 6.45) is 0. The Morgan fingerprint density at radius 1 is 1.00 bits per heavy atom. The molecular weight excluding hydrogens is 376 g/mol. The number of benzene rings is 2. The number of amides is 4. The van der Waals surface area contributed by atoms with Gasteiger partial charge in [-0.05, 0) is 17.7 Å². The fraction of sp³-hybridized carbons (Fsp3) is 0.100. The predicted octanol–water partition coefficient (Wildman–Crippen LogP) is 3.02. The van der Waals surface area contributed by atoms with Gasteiger partial charge in [-0.15, -0.1) is 11.3 Å². The molecule has 0 atom stereocenters. The third-order valence-electron chi connectivity index (χ3n) is 4.42. The lowest BCUT2D eigenvalue weighted by atomic mass is 10.1. The van der Waals surface area contributed by atoms with Crippen LogP contribution in [0.1, 0.15) is 32.0 Å². The van der Waals surface area contributed by atoms with E-state index in [0.29, 0.717) is 22.0 Å². The number of urea groups is 1. The van der Waals surface area contributed by atoms with Gasteiger partial charge in [0.05, 0.1) is 29.9 Å².